The number of aromatic nitrogens is 1. The van der Waals surface area contributed by atoms with E-state index in [9.17, 15) is 0 Å². The number of fused-ring (bicyclic) bond motifs is 1. The maximum absolute atomic E-state index is 6.11. The van der Waals surface area contributed by atoms with Crippen LogP contribution in [0.4, 0.5) is 0 Å². The maximum atomic E-state index is 6.11. The lowest BCUT2D eigenvalue weighted by Gasteiger charge is -2.14. The van der Waals surface area contributed by atoms with Gasteiger partial charge in [-0.25, -0.2) is 0 Å². The Balaban J connectivity index is 1.49. The number of aromatic amines is 1. The van der Waals surface area contributed by atoms with Crippen LogP contribution < -0.4 is 4.74 Å². The van der Waals surface area contributed by atoms with E-state index in [0.717, 1.165) is 16.8 Å². The molecule has 5 rings (SSSR count). The fourth-order valence-corrected chi connectivity index (χ4v) is 4.04. The quantitative estimate of drug-likeness (QED) is 0.291. The summed E-state index contributed by atoms with van der Waals surface area (Å²) in [7, 11) is 0. The second-order valence-corrected chi connectivity index (χ2v) is 7.88. The number of nitrogens with one attached hydrogen (secondary N) is 1. The van der Waals surface area contributed by atoms with Gasteiger partial charge in [-0.3, -0.25) is 0 Å². The molecule has 0 amide bonds. The minimum atomic E-state index is 0.134. The van der Waals surface area contributed by atoms with Crippen molar-refractivity contribution in [3.05, 3.63) is 144 Å². The van der Waals surface area contributed by atoms with Crippen molar-refractivity contribution in [1.29, 1.82) is 0 Å². The third kappa shape index (κ3) is 4.50. The van der Waals surface area contributed by atoms with Crippen molar-refractivity contribution in [1.82, 2.24) is 4.98 Å². The van der Waals surface area contributed by atoms with Crippen LogP contribution in [-0.4, -0.2) is 4.98 Å². The molecule has 0 aliphatic rings. The molecule has 0 saturated carbocycles. The lowest BCUT2D eigenvalue weighted by Crippen LogP contribution is -1.98. The number of benzene rings is 4. The average molecular weight is 416 g/mol. The lowest BCUT2D eigenvalue weighted by atomic mass is 9.90. The Hall–Kier alpha value is -4.04. The number of allylic oxidation sites excluding steroid dienone is 1. The molecule has 0 bridgehead atoms. The van der Waals surface area contributed by atoms with Gasteiger partial charge in [-0.2, -0.15) is 0 Å². The van der Waals surface area contributed by atoms with Crippen molar-refractivity contribution < 1.29 is 4.74 Å². The summed E-state index contributed by atoms with van der Waals surface area (Å²) in [4.78, 5) is 3.45. The Morgan fingerprint density at radius 2 is 1.44 bits per heavy atom. The Morgan fingerprint density at radius 1 is 0.750 bits per heavy atom. The molecule has 1 aromatic heterocycles. The lowest BCUT2D eigenvalue weighted by molar-refractivity contribution is 0.306. The van der Waals surface area contributed by atoms with Crippen molar-refractivity contribution in [2.45, 2.75) is 12.5 Å². The number of H-pyrrole nitrogens is 1. The summed E-state index contributed by atoms with van der Waals surface area (Å²) in [5.74, 6) is 1.01. The zero-order valence-corrected chi connectivity index (χ0v) is 17.8. The smallest absolute Gasteiger partial charge is 0.120 e. The zero-order chi connectivity index (χ0) is 21.6. The summed E-state index contributed by atoms with van der Waals surface area (Å²) < 4.78 is 6.11. The molecule has 1 atom stereocenters. The van der Waals surface area contributed by atoms with Crippen LogP contribution in [0.5, 0.6) is 5.75 Å². The molecule has 156 valence electrons. The highest BCUT2D eigenvalue weighted by Crippen LogP contribution is 2.34. The van der Waals surface area contributed by atoms with Crippen molar-refractivity contribution in [2.24, 2.45) is 0 Å². The standard InChI is InChI=1S/C30H25NO/c1-4-10-23(11-5-1)16-18-27(25-14-8-3-9-15-25)29-21-31-30-19-17-26(20-28(29)30)32-22-24-12-6-2-7-13-24/h1-21,27,31H,22H2/b18-16+. The van der Waals surface area contributed by atoms with E-state index in [-0.39, 0.29) is 5.92 Å². The van der Waals surface area contributed by atoms with Crippen LogP contribution in [0.3, 0.4) is 0 Å². The van der Waals surface area contributed by atoms with E-state index in [1.54, 1.807) is 0 Å². The van der Waals surface area contributed by atoms with Crippen LogP contribution in [0.1, 0.15) is 28.2 Å². The van der Waals surface area contributed by atoms with E-state index in [0.29, 0.717) is 6.61 Å². The van der Waals surface area contributed by atoms with Gasteiger partial charge < -0.3 is 9.72 Å². The van der Waals surface area contributed by atoms with E-state index in [1.165, 1.54) is 22.1 Å². The number of ether oxygens (including phenoxy) is 1. The van der Waals surface area contributed by atoms with Gasteiger partial charge in [0.05, 0.1) is 0 Å². The summed E-state index contributed by atoms with van der Waals surface area (Å²) in [5, 5.41) is 1.18. The molecule has 32 heavy (non-hydrogen) atoms. The maximum Gasteiger partial charge on any atom is 0.120 e. The Labute approximate surface area is 188 Å². The van der Waals surface area contributed by atoms with Gasteiger partial charge in [0.15, 0.2) is 0 Å². The highest BCUT2D eigenvalue weighted by atomic mass is 16.5. The monoisotopic (exact) mass is 415 g/mol. The first-order chi connectivity index (χ1) is 15.9. The SMILES string of the molecule is C(=C\C(c1ccccc1)c1c[nH]c2ccc(OCc3ccccc3)cc12)/c1ccccc1. The molecule has 0 aliphatic carbocycles. The molecular formula is C30H25NO. The second kappa shape index (κ2) is 9.40. The van der Waals surface area contributed by atoms with Gasteiger partial charge in [0.1, 0.15) is 12.4 Å². The molecule has 1 unspecified atom stereocenters. The summed E-state index contributed by atoms with van der Waals surface area (Å²) in [5.41, 5.74) is 5.97. The highest BCUT2D eigenvalue weighted by Gasteiger charge is 2.16. The highest BCUT2D eigenvalue weighted by molar-refractivity contribution is 5.86. The van der Waals surface area contributed by atoms with Crippen LogP contribution in [0.15, 0.2) is 121 Å². The van der Waals surface area contributed by atoms with Crippen LogP contribution in [0, 0.1) is 0 Å². The van der Waals surface area contributed by atoms with Crippen molar-refractivity contribution in [3.8, 4) is 5.75 Å². The third-order valence-electron chi connectivity index (χ3n) is 5.71. The molecule has 1 N–H and O–H groups in total. The van der Waals surface area contributed by atoms with Gasteiger partial charge in [-0.15, -0.1) is 0 Å². The van der Waals surface area contributed by atoms with Crippen LogP contribution in [0.25, 0.3) is 17.0 Å². The number of hydrogen-bond acceptors (Lipinski definition) is 1. The van der Waals surface area contributed by atoms with Crippen molar-refractivity contribution in [3.63, 3.8) is 0 Å². The Morgan fingerprint density at radius 3 is 2.19 bits per heavy atom. The molecule has 5 aromatic rings. The van der Waals surface area contributed by atoms with Crippen molar-refractivity contribution >= 4 is 17.0 Å². The molecule has 2 nitrogen and oxygen atoms in total. The van der Waals surface area contributed by atoms with E-state index in [2.05, 4.69) is 102 Å². The Kier molecular flexibility index (Phi) is 5.85. The zero-order valence-electron chi connectivity index (χ0n) is 17.8. The molecule has 0 radical (unpaired) electrons. The fraction of sp³-hybridized carbons (Fsp3) is 0.0667. The minimum Gasteiger partial charge on any atom is -0.489 e. The van der Waals surface area contributed by atoms with Gasteiger partial charge in [0.2, 0.25) is 0 Å². The van der Waals surface area contributed by atoms with Gasteiger partial charge in [-0.05, 0) is 40.5 Å². The van der Waals surface area contributed by atoms with Gasteiger partial charge in [0.25, 0.3) is 0 Å². The molecule has 0 spiro atoms. The molecule has 0 fully saturated rings. The second-order valence-electron chi connectivity index (χ2n) is 7.88. The first kappa shape index (κ1) is 19.9. The molecule has 1 heterocycles. The number of hydrogen-bond donors (Lipinski definition) is 1. The fourth-order valence-electron chi connectivity index (χ4n) is 4.04. The third-order valence-corrected chi connectivity index (χ3v) is 5.71. The normalized spacial score (nSPS) is 12.2. The molecule has 0 aliphatic heterocycles. The molecular weight excluding hydrogens is 390 g/mol. The van der Waals surface area contributed by atoms with E-state index < -0.39 is 0 Å². The number of rotatable bonds is 7. The largest absolute Gasteiger partial charge is 0.489 e. The summed E-state index contributed by atoms with van der Waals surface area (Å²) >= 11 is 0. The predicted octanol–water partition coefficient (Wildman–Crippen LogP) is 7.59. The van der Waals surface area contributed by atoms with Gasteiger partial charge in [-0.1, -0.05) is 103 Å². The predicted molar refractivity (Wildman–Crippen MR) is 133 cm³/mol. The van der Waals surface area contributed by atoms with Crippen LogP contribution in [0.2, 0.25) is 0 Å². The molecule has 4 aromatic carbocycles. The average Bonchev–Trinajstić information content (AvgIpc) is 3.28. The minimum absolute atomic E-state index is 0.134. The van der Waals surface area contributed by atoms with Crippen LogP contribution >= 0.6 is 0 Å². The van der Waals surface area contributed by atoms with E-state index in [4.69, 9.17) is 4.74 Å². The molecule has 2 heteroatoms. The Bertz CT molecular complexity index is 1300. The molecule has 0 saturated heterocycles. The van der Waals surface area contributed by atoms with E-state index in [1.807, 2.05) is 30.3 Å². The summed E-state index contributed by atoms with van der Waals surface area (Å²) in [6.45, 7) is 0.558. The topological polar surface area (TPSA) is 25.0 Å². The van der Waals surface area contributed by atoms with Gasteiger partial charge in [0, 0.05) is 23.0 Å². The van der Waals surface area contributed by atoms with E-state index >= 15 is 0 Å². The van der Waals surface area contributed by atoms with Crippen LogP contribution in [-0.2, 0) is 6.61 Å². The first-order valence-corrected chi connectivity index (χ1v) is 10.9. The van der Waals surface area contributed by atoms with Gasteiger partial charge >= 0.3 is 0 Å². The first-order valence-electron chi connectivity index (χ1n) is 10.9. The summed E-state index contributed by atoms with van der Waals surface area (Å²) in [6.07, 6.45) is 6.61. The summed E-state index contributed by atoms with van der Waals surface area (Å²) in [6, 6.07) is 37.6. The van der Waals surface area contributed by atoms with Crippen molar-refractivity contribution in [2.75, 3.05) is 0 Å².